The van der Waals surface area contributed by atoms with Crippen LogP contribution in [-0.4, -0.2) is 17.5 Å². The van der Waals surface area contributed by atoms with Crippen molar-refractivity contribution in [2.75, 3.05) is 0 Å². The molecular weight excluding hydrogens is 153 g/mol. The van der Waals surface area contributed by atoms with Gasteiger partial charge in [0.05, 0.1) is 0 Å². The van der Waals surface area contributed by atoms with Crippen LogP contribution in [0.25, 0.3) is 0 Å². The number of allylic oxidation sites excluding steroid dienone is 1. The van der Waals surface area contributed by atoms with Crippen LogP contribution in [0.5, 0.6) is 0 Å². The van der Waals surface area contributed by atoms with Gasteiger partial charge in [-0.25, -0.2) is 13.6 Å². The topological polar surface area (TPSA) is 37.3 Å². The second-order valence-electron chi connectivity index (χ2n) is 1.15. The van der Waals surface area contributed by atoms with Crippen LogP contribution in [-0.2, 0) is 4.79 Å². The molecule has 0 aromatic rings. The van der Waals surface area contributed by atoms with Crippen LogP contribution >= 0.6 is 11.6 Å². The number of carbonyl (C=O) groups is 1. The summed E-state index contributed by atoms with van der Waals surface area (Å²) in [7, 11) is 0. The van der Waals surface area contributed by atoms with E-state index in [1.807, 2.05) is 0 Å². The summed E-state index contributed by atoms with van der Waals surface area (Å²) >= 11 is 4.79. The maximum atomic E-state index is 11.2. The Morgan fingerprint density at radius 1 is 1.67 bits per heavy atom. The molecule has 0 saturated carbocycles. The van der Waals surface area contributed by atoms with Gasteiger partial charge in [0.2, 0.25) is 0 Å². The number of alkyl halides is 2. The summed E-state index contributed by atoms with van der Waals surface area (Å²) in [4.78, 5) is 9.70. The van der Waals surface area contributed by atoms with Crippen molar-refractivity contribution < 1.29 is 18.7 Å². The smallest absolute Gasteiger partial charge is 0.347 e. The highest BCUT2D eigenvalue weighted by molar-refractivity contribution is 6.40. The highest BCUT2D eigenvalue weighted by atomic mass is 35.5. The Bertz CT molecular complexity index is 144. The maximum Gasteiger partial charge on any atom is 0.347 e. The Balaban J connectivity index is 4.00. The largest absolute Gasteiger partial charge is 0.477 e. The quantitative estimate of drug-likeness (QED) is 0.615. The Morgan fingerprint density at radius 3 is 2.22 bits per heavy atom. The van der Waals surface area contributed by atoms with Gasteiger partial charge < -0.3 is 5.11 Å². The minimum atomic E-state index is -2.81. The minimum absolute atomic E-state index is 0.157. The Kier molecular flexibility index (Phi) is 3.16. The lowest BCUT2D eigenvalue weighted by Crippen LogP contribution is -1.96. The highest BCUT2D eigenvalue weighted by Gasteiger charge is 2.05. The van der Waals surface area contributed by atoms with Gasteiger partial charge in [0.15, 0.2) is 0 Å². The van der Waals surface area contributed by atoms with Crippen molar-refractivity contribution in [3.63, 3.8) is 0 Å². The third kappa shape index (κ3) is 3.90. The predicted molar refractivity (Wildman–Crippen MR) is 27.6 cm³/mol. The molecule has 0 heterocycles. The molecule has 2 nitrogen and oxygen atoms in total. The number of hydrogen-bond donors (Lipinski definition) is 1. The number of rotatable bonds is 2. The molecule has 0 unspecified atom stereocenters. The number of hydrogen-bond acceptors (Lipinski definition) is 1. The number of carboxylic acids is 1. The molecule has 0 aromatic heterocycles. The molecule has 0 spiro atoms. The van der Waals surface area contributed by atoms with Gasteiger partial charge in [-0.3, -0.25) is 0 Å². The van der Waals surface area contributed by atoms with Crippen LogP contribution in [0.3, 0.4) is 0 Å². The van der Waals surface area contributed by atoms with Crippen molar-refractivity contribution in [3.8, 4) is 0 Å². The van der Waals surface area contributed by atoms with E-state index in [9.17, 15) is 13.6 Å². The first-order valence-corrected chi connectivity index (χ1v) is 2.30. The summed E-state index contributed by atoms with van der Waals surface area (Å²) in [5.41, 5.74) is 0. The lowest BCUT2D eigenvalue weighted by atomic mass is 10.5. The van der Waals surface area contributed by atoms with E-state index in [4.69, 9.17) is 16.7 Å². The summed E-state index contributed by atoms with van der Waals surface area (Å²) in [5.74, 6) is -1.54. The summed E-state index contributed by atoms with van der Waals surface area (Å²) in [6.45, 7) is 0. The third-order valence-corrected chi connectivity index (χ3v) is 0.764. The van der Waals surface area contributed by atoms with Gasteiger partial charge in [0.1, 0.15) is 5.03 Å². The molecule has 52 valence electrons. The van der Waals surface area contributed by atoms with Gasteiger partial charge in [-0.05, 0) is 0 Å². The molecule has 0 fully saturated rings. The maximum absolute atomic E-state index is 11.2. The summed E-state index contributed by atoms with van der Waals surface area (Å²) < 4.78 is 22.4. The third-order valence-electron chi connectivity index (χ3n) is 0.477. The predicted octanol–water partition coefficient (Wildman–Crippen LogP) is 1.46. The normalized spacial score (nSPS) is 12.2. The van der Waals surface area contributed by atoms with E-state index in [1.54, 1.807) is 0 Å². The molecule has 5 heteroatoms. The van der Waals surface area contributed by atoms with E-state index >= 15 is 0 Å². The van der Waals surface area contributed by atoms with Gasteiger partial charge >= 0.3 is 5.97 Å². The molecule has 0 aliphatic rings. The Labute approximate surface area is 54.7 Å². The van der Waals surface area contributed by atoms with Crippen LogP contribution in [0.2, 0.25) is 0 Å². The SMILES string of the molecule is O=C(O)C(Cl)=CC(F)F. The van der Waals surface area contributed by atoms with Crippen LogP contribution in [0.15, 0.2) is 11.1 Å². The van der Waals surface area contributed by atoms with Gasteiger partial charge in [-0.1, -0.05) is 11.6 Å². The molecule has 0 aliphatic carbocycles. The fraction of sp³-hybridized carbons (Fsp3) is 0.250. The van der Waals surface area contributed by atoms with Gasteiger partial charge in [0, 0.05) is 6.08 Å². The van der Waals surface area contributed by atoms with Crippen LogP contribution in [0.4, 0.5) is 8.78 Å². The summed E-state index contributed by atoms with van der Waals surface area (Å²) in [6, 6.07) is 0. The van der Waals surface area contributed by atoms with Crippen molar-refractivity contribution in [3.05, 3.63) is 11.1 Å². The molecule has 0 atom stereocenters. The zero-order chi connectivity index (χ0) is 7.44. The minimum Gasteiger partial charge on any atom is -0.477 e. The number of aliphatic carboxylic acids is 1. The lowest BCUT2D eigenvalue weighted by Gasteiger charge is -1.87. The van der Waals surface area contributed by atoms with Crippen molar-refractivity contribution in [1.82, 2.24) is 0 Å². The summed E-state index contributed by atoms with van der Waals surface area (Å²) in [5, 5.41) is 7.04. The van der Waals surface area contributed by atoms with Gasteiger partial charge in [-0.15, -0.1) is 0 Å². The van der Waals surface area contributed by atoms with Crippen molar-refractivity contribution in [2.24, 2.45) is 0 Å². The molecule has 0 aromatic carbocycles. The van der Waals surface area contributed by atoms with E-state index in [0.717, 1.165) is 0 Å². The fourth-order valence-corrected chi connectivity index (χ4v) is 0.277. The second-order valence-corrected chi connectivity index (χ2v) is 1.56. The highest BCUT2D eigenvalue weighted by Crippen LogP contribution is 2.05. The molecule has 0 bridgehead atoms. The first-order chi connectivity index (χ1) is 4.04. The number of carboxylic acid groups (broad SMARTS) is 1. The monoisotopic (exact) mass is 156 g/mol. The van der Waals surface area contributed by atoms with E-state index < -0.39 is 17.4 Å². The first kappa shape index (κ1) is 8.36. The molecule has 0 rings (SSSR count). The van der Waals surface area contributed by atoms with E-state index in [2.05, 4.69) is 0 Å². The van der Waals surface area contributed by atoms with Crippen molar-refractivity contribution in [2.45, 2.75) is 6.43 Å². The molecule has 0 aliphatic heterocycles. The van der Waals surface area contributed by atoms with Crippen LogP contribution in [0.1, 0.15) is 0 Å². The average molecular weight is 157 g/mol. The molecule has 9 heavy (non-hydrogen) atoms. The average Bonchev–Trinajstić information content (AvgIpc) is 1.63. The second kappa shape index (κ2) is 3.40. The van der Waals surface area contributed by atoms with Crippen molar-refractivity contribution in [1.29, 1.82) is 0 Å². The molecule has 0 saturated heterocycles. The van der Waals surface area contributed by atoms with Crippen LogP contribution < -0.4 is 0 Å². The zero-order valence-electron chi connectivity index (χ0n) is 4.14. The number of halogens is 3. The molecule has 1 N–H and O–H groups in total. The summed E-state index contributed by atoms with van der Waals surface area (Å²) in [6.07, 6.45) is -2.65. The Hall–Kier alpha value is -0.640. The molecular formula is C4H3ClF2O2. The standard InChI is InChI=1S/C4H3ClF2O2/c5-2(4(8)9)1-3(6)7/h1,3H,(H,8,9). The van der Waals surface area contributed by atoms with E-state index in [0.29, 0.717) is 0 Å². The van der Waals surface area contributed by atoms with Gasteiger partial charge in [-0.2, -0.15) is 0 Å². The molecule has 0 radical (unpaired) electrons. The Morgan fingerprint density at radius 2 is 2.11 bits per heavy atom. The van der Waals surface area contributed by atoms with Crippen molar-refractivity contribution >= 4 is 17.6 Å². The molecule has 0 amide bonds. The van der Waals surface area contributed by atoms with E-state index in [-0.39, 0.29) is 6.08 Å². The van der Waals surface area contributed by atoms with Gasteiger partial charge in [0.25, 0.3) is 6.43 Å². The van der Waals surface area contributed by atoms with Crippen LogP contribution in [0, 0.1) is 0 Å². The lowest BCUT2D eigenvalue weighted by molar-refractivity contribution is -0.132. The fourth-order valence-electron chi connectivity index (χ4n) is 0.182. The zero-order valence-corrected chi connectivity index (χ0v) is 4.90. The first-order valence-electron chi connectivity index (χ1n) is 1.93. The van der Waals surface area contributed by atoms with E-state index in [1.165, 1.54) is 0 Å².